The van der Waals surface area contributed by atoms with Crippen LogP contribution in [0.15, 0.2) is 115 Å². The third-order valence-corrected chi connectivity index (χ3v) is 10.4. The molecule has 2 saturated heterocycles. The van der Waals surface area contributed by atoms with E-state index in [-0.39, 0.29) is 25.0 Å². The highest BCUT2D eigenvalue weighted by molar-refractivity contribution is 5.95. The number of methoxy groups -OCH3 is 2. The number of amides is 2. The van der Waals surface area contributed by atoms with Crippen LogP contribution in [-0.2, 0) is 19.1 Å². The summed E-state index contributed by atoms with van der Waals surface area (Å²) in [5, 5.41) is 1.62. The Hall–Kier alpha value is -6.24. The number of hydrogen-bond acceptors (Lipinski definition) is 10. The summed E-state index contributed by atoms with van der Waals surface area (Å²) < 4.78 is 33.0. The Kier molecular flexibility index (Phi) is 12.3. The molecule has 0 aliphatic carbocycles. The van der Waals surface area contributed by atoms with Crippen LogP contribution in [0.4, 0.5) is 0 Å². The van der Waals surface area contributed by atoms with Crippen LogP contribution in [0.25, 0.3) is 44.2 Å². The number of aryl methyl sites for hydroxylation is 2. The van der Waals surface area contributed by atoms with Gasteiger partial charge < -0.3 is 37.6 Å². The number of nitrogens with zero attached hydrogens (tertiary/aromatic N) is 2. The van der Waals surface area contributed by atoms with Gasteiger partial charge in [0.2, 0.25) is 0 Å². The van der Waals surface area contributed by atoms with Crippen LogP contribution in [0.2, 0.25) is 0 Å². The monoisotopic (exact) mass is 786 g/mol. The van der Waals surface area contributed by atoms with Gasteiger partial charge in [-0.2, -0.15) is 0 Å². The highest BCUT2D eigenvalue weighted by Crippen LogP contribution is 2.33. The Balaban J connectivity index is 0.000000177. The van der Waals surface area contributed by atoms with Gasteiger partial charge in [0.05, 0.1) is 13.2 Å². The minimum atomic E-state index is -0.732. The largest absolute Gasteiger partial charge is 0.478 e. The third kappa shape index (κ3) is 8.83. The normalized spacial score (nSPS) is 14.5. The fourth-order valence-electron chi connectivity index (χ4n) is 7.05. The number of ether oxygens (including phenoxy) is 4. The molecule has 2 fully saturated rings. The van der Waals surface area contributed by atoms with E-state index in [1.54, 1.807) is 34.1 Å². The molecule has 300 valence electrons. The lowest BCUT2D eigenvalue weighted by molar-refractivity contribution is -0.145. The maximum absolute atomic E-state index is 12.6. The molecular formula is C46H46N2O10. The third-order valence-electron chi connectivity index (χ3n) is 10.4. The first-order chi connectivity index (χ1) is 28.1. The first kappa shape index (κ1) is 40.0. The highest BCUT2D eigenvalue weighted by Gasteiger charge is 2.31. The van der Waals surface area contributed by atoms with Gasteiger partial charge in [-0.3, -0.25) is 9.59 Å². The van der Waals surface area contributed by atoms with Gasteiger partial charge in [0, 0.05) is 86.6 Å². The molecular weight excluding hydrogens is 741 g/mol. The van der Waals surface area contributed by atoms with Crippen LogP contribution in [0.5, 0.6) is 11.5 Å². The summed E-state index contributed by atoms with van der Waals surface area (Å²) in [7, 11) is 3.07. The molecule has 12 nitrogen and oxygen atoms in total. The second-order valence-electron chi connectivity index (χ2n) is 14.4. The van der Waals surface area contributed by atoms with Crippen LogP contribution >= 0.6 is 0 Å². The van der Waals surface area contributed by atoms with Crippen molar-refractivity contribution in [3.63, 3.8) is 0 Å². The predicted octanol–water partition coefficient (Wildman–Crippen LogP) is 6.79. The van der Waals surface area contributed by atoms with Crippen molar-refractivity contribution in [2.24, 2.45) is 0 Å². The Bertz CT molecular complexity index is 2380. The first-order valence-corrected chi connectivity index (χ1v) is 19.3. The van der Waals surface area contributed by atoms with Crippen LogP contribution < -0.4 is 20.7 Å². The summed E-state index contributed by atoms with van der Waals surface area (Å²) in [5.41, 5.74) is 5.68. The quantitative estimate of drug-likeness (QED) is 0.122. The van der Waals surface area contributed by atoms with Gasteiger partial charge in [0.25, 0.3) is 11.8 Å². The Labute approximate surface area is 335 Å². The van der Waals surface area contributed by atoms with Crippen molar-refractivity contribution in [3.8, 4) is 33.8 Å². The lowest BCUT2D eigenvalue weighted by atomic mass is 9.98. The number of fused-ring (bicyclic) bond motifs is 2. The average Bonchev–Trinajstić information content (AvgIpc) is 3.16. The molecule has 0 saturated carbocycles. The summed E-state index contributed by atoms with van der Waals surface area (Å²) in [6, 6.07) is 29.4. The van der Waals surface area contributed by atoms with E-state index in [0.717, 1.165) is 83.2 Å². The molecule has 12 heteroatoms. The second kappa shape index (κ2) is 17.9. The van der Waals surface area contributed by atoms with E-state index in [2.05, 4.69) is 0 Å². The lowest BCUT2D eigenvalue weighted by Crippen LogP contribution is -2.50. The minimum Gasteiger partial charge on any atom is -0.478 e. The van der Waals surface area contributed by atoms with Crippen molar-refractivity contribution >= 4 is 33.8 Å². The smallest absolute Gasteiger partial charge is 0.336 e. The van der Waals surface area contributed by atoms with Crippen molar-refractivity contribution in [2.75, 3.05) is 53.6 Å². The molecule has 6 aromatic rings. The van der Waals surface area contributed by atoms with Crippen molar-refractivity contribution in [1.29, 1.82) is 0 Å². The summed E-state index contributed by atoms with van der Waals surface area (Å²) in [5.74, 6) is 0.735. The number of rotatable bonds is 12. The van der Waals surface area contributed by atoms with E-state index >= 15 is 0 Å². The number of hydrogen-bond donors (Lipinski definition) is 0. The molecule has 2 aliphatic heterocycles. The molecule has 2 atom stereocenters. The molecule has 0 bridgehead atoms. The molecule has 0 N–H and O–H groups in total. The molecule has 2 aromatic heterocycles. The Morgan fingerprint density at radius 2 is 0.966 bits per heavy atom. The number of carbonyl (C=O) groups is 2. The van der Waals surface area contributed by atoms with Crippen LogP contribution in [-0.4, -0.2) is 87.4 Å². The molecule has 58 heavy (non-hydrogen) atoms. The van der Waals surface area contributed by atoms with E-state index in [4.69, 9.17) is 27.8 Å². The van der Waals surface area contributed by atoms with Crippen molar-refractivity contribution in [1.82, 2.24) is 9.80 Å². The van der Waals surface area contributed by atoms with E-state index in [1.807, 2.05) is 74.5 Å². The Morgan fingerprint density at radius 3 is 1.31 bits per heavy atom. The zero-order chi connectivity index (χ0) is 40.8. The molecule has 2 aliphatic rings. The first-order valence-electron chi connectivity index (χ1n) is 19.3. The van der Waals surface area contributed by atoms with Gasteiger partial charge in [-0.15, -0.1) is 0 Å². The Morgan fingerprint density at radius 1 is 0.569 bits per heavy atom. The molecule has 4 aromatic carbocycles. The fraction of sp³-hybridized carbons (Fsp3) is 0.304. The molecule has 8 rings (SSSR count). The average molecular weight is 787 g/mol. The predicted molar refractivity (Wildman–Crippen MR) is 220 cm³/mol. The van der Waals surface area contributed by atoms with Crippen LogP contribution in [0, 0.1) is 13.8 Å². The van der Waals surface area contributed by atoms with Gasteiger partial charge in [0.15, 0.2) is 12.2 Å². The van der Waals surface area contributed by atoms with E-state index in [9.17, 15) is 19.2 Å². The zero-order valence-corrected chi connectivity index (χ0v) is 33.0. The number of likely N-dealkylation sites (tertiary alicyclic amines) is 2. The van der Waals surface area contributed by atoms with Gasteiger partial charge in [-0.1, -0.05) is 48.5 Å². The molecule has 2 unspecified atom stereocenters. The number of carbonyl (C=O) groups excluding carboxylic acids is 2. The SMILES string of the molecule is COCC(Oc1ccc2c(-c3ccccc3C)cc(=O)oc2c1)C(=O)N1CCC1.COCC(Oc1ccc2c(-c3ccccc3C)cc(=O)oc2c1)C(=O)N1CCC1. The standard InChI is InChI=1S/2C23H23NO5/c2*1-15-6-3-4-7-17(15)19-13-22(25)29-20-12-16(8-9-18(19)20)28-21(14-27-2)23(26)24-10-5-11-24/h2*3-4,6-9,12-13,21H,5,10-11,14H2,1-2H3. The van der Waals surface area contributed by atoms with Crippen molar-refractivity contribution < 1.29 is 37.4 Å². The summed E-state index contributed by atoms with van der Waals surface area (Å²) >= 11 is 0. The van der Waals surface area contributed by atoms with Crippen molar-refractivity contribution in [3.05, 3.63) is 129 Å². The molecule has 2 amide bonds. The number of benzene rings is 4. The van der Waals surface area contributed by atoms with E-state index in [1.165, 1.54) is 26.4 Å². The summed E-state index contributed by atoms with van der Waals surface area (Å²) in [6.07, 6.45) is 0.552. The maximum Gasteiger partial charge on any atom is 0.336 e. The van der Waals surface area contributed by atoms with E-state index in [0.29, 0.717) is 22.7 Å². The highest BCUT2D eigenvalue weighted by atomic mass is 16.5. The fourth-order valence-corrected chi connectivity index (χ4v) is 7.05. The lowest BCUT2D eigenvalue weighted by Gasteiger charge is -2.33. The van der Waals surface area contributed by atoms with E-state index < -0.39 is 23.5 Å². The summed E-state index contributed by atoms with van der Waals surface area (Å²) in [4.78, 5) is 53.0. The van der Waals surface area contributed by atoms with Gasteiger partial charge >= 0.3 is 11.3 Å². The van der Waals surface area contributed by atoms with Crippen molar-refractivity contribution in [2.45, 2.75) is 38.9 Å². The van der Waals surface area contributed by atoms with Gasteiger partial charge in [-0.25, -0.2) is 9.59 Å². The van der Waals surface area contributed by atoms with Gasteiger partial charge in [-0.05, 0) is 73.2 Å². The second-order valence-corrected chi connectivity index (χ2v) is 14.4. The summed E-state index contributed by atoms with van der Waals surface area (Å²) in [6.45, 7) is 7.29. The molecule has 0 spiro atoms. The molecule has 0 radical (unpaired) electrons. The molecule has 4 heterocycles. The van der Waals surface area contributed by atoms with Crippen LogP contribution in [0.1, 0.15) is 24.0 Å². The van der Waals surface area contributed by atoms with Gasteiger partial charge in [0.1, 0.15) is 22.7 Å². The topological polar surface area (TPSA) is 138 Å². The minimum absolute atomic E-state index is 0.0895. The maximum atomic E-state index is 12.6. The zero-order valence-electron chi connectivity index (χ0n) is 33.0. The van der Waals surface area contributed by atoms with Crippen LogP contribution in [0.3, 0.4) is 0 Å².